The normalized spacial score (nSPS) is 10.6. The summed E-state index contributed by atoms with van der Waals surface area (Å²) in [7, 11) is 0. The molecule has 2 rings (SSSR count). The van der Waals surface area contributed by atoms with Crippen molar-refractivity contribution in [2.45, 2.75) is 5.16 Å². The quantitative estimate of drug-likeness (QED) is 0.521. The van der Waals surface area contributed by atoms with E-state index in [0.717, 1.165) is 0 Å². The summed E-state index contributed by atoms with van der Waals surface area (Å²) in [6, 6.07) is 7.27. The predicted octanol–water partition coefficient (Wildman–Crippen LogP) is 2.31. The van der Waals surface area contributed by atoms with Crippen LogP contribution in [0.3, 0.4) is 0 Å². The van der Waals surface area contributed by atoms with E-state index in [-0.39, 0.29) is 5.56 Å². The van der Waals surface area contributed by atoms with E-state index in [2.05, 4.69) is 10.4 Å². The van der Waals surface area contributed by atoms with E-state index in [0.29, 0.717) is 20.4 Å². The SMILES string of the molecule is CSC(=S)Nn1c(SC)nc2ccccc2c1=O. The van der Waals surface area contributed by atoms with E-state index in [1.807, 2.05) is 30.7 Å². The van der Waals surface area contributed by atoms with Gasteiger partial charge in [-0.25, -0.2) is 4.98 Å². The number of para-hydroxylation sites is 1. The number of fused-ring (bicyclic) bond motifs is 1. The molecule has 0 saturated carbocycles. The summed E-state index contributed by atoms with van der Waals surface area (Å²) >= 11 is 7.86. The Morgan fingerprint density at radius 2 is 2.11 bits per heavy atom. The lowest BCUT2D eigenvalue weighted by molar-refractivity contribution is 0.773. The van der Waals surface area contributed by atoms with Gasteiger partial charge in [0.15, 0.2) is 9.48 Å². The van der Waals surface area contributed by atoms with Crippen molar-refractivity contribution in [3.05, 3.63) is 34.6 Å². The molecule has 0 spiro atoms. The molecule has 2 aromatic rings. The molecule has 1 N–H and O–H groups in total. The molecule has 0 aliphatic heterocycles. The first-order valence-corrected chi connectivity index (χ1v) is 7.94. The fourth-order valence-corrected chi connectivity index (χ4v) is 2.26. The van der Waals surface area contributed by atoms with Crippen molar-refractivity contribution in [2.24, 2.45) is 0 Å². The molecule has 0 aliphatic rings. The molecule has 0 atom stereocenters. The lowest BCUT2D eigenvalue weighted by atomic mass is 10.2. The number of thioether (sulfide) groups is 2. The van der Waals surface area contributed by atoms with Crippen LogP contribution in [-0.4, -0.2) is 26.5 Å². The molecule has 0 fully saturated rings. The number of hydrogen-bond acceptors (Lipinski definition) is 5. The van der Waals surface area contributed by atoms with Gasteiger partial charge in [-0.1, -0.05) is 47.9 Å². The minimum absolute atomic E-state index is 0.138. The molecule has 1 aromatic heterocycles. The summed E-state index contributed by atoms with van der Waals surface area (Å²) in [5.74, 6) is 0. The molecule has 0 amide bonds. The van der Waals surface area contributed by atoms with Crippen LogP contribution in [-0.2, 0) is 0 Å². The van der Waals surface area contributed by atoms with Gasteiger partial charge in [-0.05, 0) is 24.6 Å². The zero-order chi connectivity index (χ0) is 13.1. The minimum atomic E-state index is -0.138. The lowest BCUT2D eigenvalue weighted by Crippen LogP contribution is -2.33. The standard InChI is InChI=1S/C11H11N3OS3/c1-17-10-12-8-6-4-3-5-7(8)9(15)14(10)13-11(16)18-2/h3-6H,1-2H3,(H,13,16). The van der Waals surface area contributed by atoms with Gasteiger partial charge in [-0.15, -0.1) is 0 Å². The predicted molar refractivity (Wildman–Crippen MR) is 83.3 cm³/mol. The third-order valence-corrected chi connectivity index (χ3v) is 4.01. The van der Waals surface area contributed by atoms with Crippen molar-refractivity contribution in [3.63, 3.8) is 0 Å². The van der Waals surface area contributed by atoms with Crippen molar-refractivity contribution < 1.29 is 0 Å². The van der Waals surface area contributed by atoms with E-state index >= 15 is 0 Å². The van der Waals surface area contributed by atoms with Crippen molar-refractivity contribution in [1.29, 1.82) is 0 Å². The molecule has 4 nitrogen and oxygen atoms in total. The molecule has 0 aliphatic carbocycles. The molecule has 94 valence electrons. The van der Waals surface area contributed by atoms with Crippen molar-refractivity contribution in [3.8, 4) is 0 Å². The second-order valence-electron chi connectivity index (χ2n) is 3.36. The second kappa shape index (κ2) is 5.73. The Bertz CT molecular complexity index is 654. The molecule has 0 bridgehead atoms. The minimum Gasteiger partial charge on any atom is -0.273 e. The number of hydrogen-bond donors (Lipinski definition) is 1. The van der Waals surface area contributed by atoms with Gasteiger partial charge in [0.1, 0.15) is 0 Å². The maximum atomic E-state index is 12.3. The Labute approximate surface area is 118 Å². The summed E-state index contributed by atoms with van der Waals surface area (Å²) < 4.78 is 1.93. The highest BCUT2D eigenvalue weighted by Crippen LogP contribution is 2.14. The van der Waals surface area contributed by atoms with Crippen LogP contribution in [0.2, 0.25) is 0 Å². The molecule has 0 saturated heterocycles. The van der Waals surface area contributed by atoms with Crippen LogP contribution < -0.4 is 11.0 Å². The van der Waals surface area contributed by atoms with Gasteiger partial charge in [-0.2, -0.15) is 4.68 Å². The zero-order valence-corrected chi connectivity index (χ0v) is 12.3. The Kier molecular flexibility index (Phi) is 4.26. The van der Waals surface area contributed by atoms with Gasteiger partial charge >= 0.3 is 0 Å². The molecular formula is C11H11N3OS3. The Balaban J connectivity index is 2.66. The number of benzene rings is 1. The number of rotatable bonds is 2. The number of nitrogens with zero attached hydrogens (tertiary/aromatic N) is 2. The van der Waals surface area contributed by atoms with Crippen LogP contribution in [0.4, 0.5) is 0 Å². The van der Waals surface area contributed by atoms with Crippen LogP contribution in [0.15, 0.2) is 34.2 Å². The number of aromatic nitrogens is 2. The second-order valence-corrected chi connectivity index (χ2v) is 5.62. The third kappa shape index (κ3) is 2.52. The van der Waals surface area contributed by atoms with Crippen LogP contribution in [0, 0.1) is 0 Å². The van der Waals surface area contributed by atoms with Gasteiger partial charge in [0.2, 0.25) is 0 Å². The van der Waals surface area contributed by atoms with E-state index in [9.17, 15) is 4.79 Å². The van der Waals surface area contributed by atoms with E-state index in [1.54, 1.807) is 6.07 Å². The Morgan fingerprint density at radius 1 is 1.39 bits per heavy atom. The Morgan fingerprint density at radius 3 is 2.78 bits per heavy atom. The number of nitrogens with one attached hydrogen (secondary N) is 1. The van der Waals surface area contributed by atoms with Crippen LogP contribution in [0.5, 0.6) is 0 Å². The van der Waals surface area contributed by atoms with Gasteiger partial charge in [-0.3, -0.25) is 10.2 Å². The Hall–Kier alpha value is -1.05. The molecule has 0 unspecified atom stereocenters. The monoisotopic (exact) mass is 297 g/mol. The van der Waals surface area contributed by atoms with Crippen LogP contribution in [0.25, 0.3) is 10.9 Å². The van der Waals surface area contributed by atoms with E-state index < -0.39 is 0 Å². The first-order chi connectivity index (χ1) is 8.67. The largest absolute Gasteiger partial charge is 0.281 e. The fourth-order valence-electron chi connectivity index (χ4n) is 1.48. The van der Waals surface area contributed by atoms with E-state index in [1.165, 1.54) is 28.2 Å². The summed E-state index contributed by atoms with van der Waals surface area (Å²) in [5.41, 5.74) is 3.44. The highest BCUT2D eigenvalue weighted by atomic mass is 32.2. The molecular weight excluding hydrogens is 286 g/mol. The topological polar surface area (TPSA) is 46.9 Å². The molecule has 1 heterocycles. The highest BCUT2D eigenvalue weighted by Gasteiger charge is 2.10. The maximum Gasteiger partial charge on any atom is 0.281 e. The maximum absolute atomic E-state index is 12.3. The number of thiocarbonyl (C=S) groups is 1. The van der Waals surface area contributed by atoms with Gasteiger partial charge in [0, 0.05) is 0 Å². The van der Waals surface area contributed by atoms with Crippen LogP contribution >= 0.6 is 35.7 Å². The summed E-state index contributed by atoms with van der Waals surface area (Å²) in [5, 5.41) is 1.17. The first kappa shape index (κ1) is 13.4. The van der Waals surface area contributed by atoms with Crippen molar-refractivity contribution in [2.75, 3.05) is 17.9 Å². The summed E-state index contributed by atoms with van der Waals surface area (Å²) in [6.45, 7) is 0. The molecule has 0 radical (unpaired) electrons. The highest BCUT2D eigenvalue weighted by molar-refractivity contribution is 8.22. The van der Waals surface area contributed by atoms with Gasteiger partial charge in [0.25, 0.3) is 5.56 Å². The average molecular weight is 297 g/mol. The van der Waals surface area contributed by atoms with Gasteiger partial charge in [0.05, 0.1) is 10.9 Å². The van der Waals surface area contributed by atoms with E-state index in [4.69, 9.17) is 12.2 Å². The smallest absolute Gasteiger partial charge is 0.273 e. The summed E-state index contributed by atoms with van der Waals surface area (Å²) in [4.78, 5) is 16.8. The molecule has 18 heavy (non-hydrogen) atoms. The fraction of sp³-hybridized carbons (Fsp3) is 0.182. The lowest BCUT2D eigenvalue weighted by Gasteiger charge is -2.13. The van der Waals surface area contributed by atoms with Crippen molar-refractivity contribution in [1.82, 2.24) is 9.66 Å². The van der Waals surface area contributed by atoms with Crippen molar-refractivity contribution >= 4 is 51.0 Å². The first-order valence-electron chi connectivity index (χ1n) is 5.08. The zero-order valence-electron chi connectivity index (χ0n) is 9.84. The molecule has 1 aromatic carbocycles. The average Bonchev–Trinajstić information content (AvgIpc) is 2.41. The third-order valence-electron chi connectivity index (χ3n) is 2.32. The van der Waals surface area contributed by atoms with Crippen LogP contribution in [0.1, 0.15) is 0 Å². The summed E-state index contributed by atoms with van der Waals surface area (Å²) in [6.07, 6.45) is 3.73. The van der Waals surface area contributed by atoms with Gasteiger partial charge < -0.3 is 0 Å². The molecule has 7 heteroatoms.